The zero-order chi connectivity index (χ0) is 13.1. The number of anilines is 1. The second-order valence-electron chi connectivity index (χ2n) is 3.47. The molecule has 0 aliphatic heterocycles. The van der Waals surface area contributed by atoms with E-state index in [1.54, 1.807) is 36.4 Å². The van der Waals surface area contributed by atoms with E-state index in [4.69, 9.17) is 5.73 Å². The molecule has 1 heterocycles. The summed E-state index contributed by atoms with van der Waals surface area (Å²) in [6, 6.07) is 10.1. The molecule has 0 saturated heterocycles. The van der Waals surface area contributed by atoms with Crippen LogP contribution in [0.1, 0.15) is 20.0 Å². The summed E-state index contributed by atoms with van der Waals surface area (Å²) in [6.45, 7) is 0. The maximum absolute atomic E-state index is 11.9. The van der Waals surface area contributed by atoms with Crippen LogP contribution in [0.15, 0.2) is 40.2 Å². The number of nitrogens with two attached hydrogens (primary N) is 1. The number of halogens is 1. The molecule has 2 rings (SSSR count). The second kappa shape index (κ2) is 5.32. The molecule has 4 nitrogen and oxygen atoms in total. The number of para-hydroxylation sites is 1. The third-order valence-electron chi connectivity index (χ3n) is 2.24. The van der Waals surface area contributed by atoms with Gasteiger partial charge in [0.15, 0.2) is 0 Å². The first-order chi connectivity index (χ1) is 8.58. The largest absolute Gasteiger partial charge is 0.366 e. The number of carbonyl (C=O) groups excluding carboxylic acids is 2. The van der Waals surface area contributed by atoms with Gasteiger partial charge in [-0.1, -0.05) is 12.1 Å². The van der Waals surface area contributed by atoms with Gasteiger partial charge in [0.2, 0.25) is 0 Å². The van der Waals surface area contributed by atoms with E-state index in [0.29, 0.717) is 16.1 Å². The number of nitrogens with one attached hydrogen (secondary N) is 1. The summed E-state index contributed by atoms with van der Waals surface area (Å²) in [6.07, 6.45) is 0. The highest BCUT2D eigenvalue weighted by atomic mass is 79.9. The van der Waals surface area contributed by atoms with Crippen molar-refractivity contribution in [1.29, 1.82) is 0 Å². The molecule has 1 aromatic carbocycles. The van der Waals surface area contributed by atoms with Gasteiger partial charge in [0.1, 0.15) is 0 Å². The quantitative estimate of drug-likeness (QED) is 0.911. The summed E-state index contributed by atoms with van der Waals surface area (Å²) in [5.74, 6) is -0.835. The van der Waals surface area contributed by atoms with Crippen molar-refractivity contribution in [1.82, 2.24) is 0 Å². The molecule has 0 aliphatic carbocycles. The first-order valence-electron chi connectivity index (χ1n) is 5.03. The molecule has 0 aliphatic rings. The van der Waals surface area contributed by atoms with Crippen LogP contribution < -0.4 is 11.1 Å². The first-order valence-corrected chi connectivity index (χ1v) is 6.64. The van der Waals surface area contributed by atoms with Crippen LogP contribution in [0.25, 0.3) is 0 Å². The van der Waals surface area contributed by atoms with Crippen molar-refractivity contribution in [2.45, 2.75) is 0 Å². The lowest BCUT2D eigenvalue weighted by molar-refractivity contribution is 0.100. The Kier molecular flexibility index (Phi) is 3.78. The Bertz CT molecular complexity index is 610. The Labute approximate surface area is 116 Å². The van der Waals surface area contributed by atoms with E-state index in [-0.39, 0.29) is 5.91 Å². The van der Waals surface area contributed by atoms with Gasteiger partial charge >= 0.3 is 0 Å². The molecule has 0 atom stereocenters. The van der Waals surface area contributed by atoms with Gasteiger partial charge in [-0.15, -0.1) is 11.3 Å². The molecular weight excluding hydrogens is 316 g/mol. The van der Waals surface area contributed by atoms with E-state index in [1.807, 2.05) is 0 Å². The molecule has 0 bridgehead atoms. The fraction of sp³-hybridized carbons (Fsp3) is 0. The van der Waals surface area contributed by atoms with Gasteiger partial charge in [-0.2, -0.15) is 0 Å². The van der Waals surface area contributed by atoms with E-state index < -0.39 is 5.91 Å². The van der Waals surface area contributed by atoms with Crippen LogP contribution >= 0.6 is 27.3 Å². The molecule has 0 saturated carbocycles. The molecule has 2 aromatic rings. The smallest absolute Gasteiger partial charge is 0.265 e. The second-order valence-corrected chi connectivity index (χ2v) is 5.93. The van der Waals surface area contributed by atoms with Crippen molar-refractivity contribution >= 4 is 44.8 Å². The van der Waals surface area contributed by atoms with Crippen molar-refractivity contribution in [2.75, 3.05) is 5.32 Å². The van der Waals surface area contributed by atoms with Crippen LogP contribution in [0.4, 0.5) is 5.69 Å². The van der Waals surface area contributed by atoms with Crippen LogP contribution in [-0.2, 0) is 0 Å². The lowest BCUT2D eigenvalue weighted by Gasteiger charge is -2.07. The minimum Gasteiger partial charge on any atom is -0.366 e. The third kappa shape index (κ3) is 2.77. The number of thiophene rings is 1. The van der Waals surface area contributed by atoms with Crippen molar-refractivity contribution in [3.63, 3.8) is 0 Å². The fourth-order valence-corrected chi connectivity index (χ4v) is 2.71. The molecule has 2 amide bonds. The fourth-order valence-electron chi connectivity index (χ4n) is 1.43. The number of hydrogen-bond acceptors (Lipinski definition) is 3. The predicted molar refractivity (Wildman–Crippen MR) is 74.9 cm³/mol. The molecule has 92 valence electrons. The number of benzene rings is 1. The number of primary amides is 1. The highest BCUT2D eigenvalue weighted by Crippen LogP contribution is 2.23. The average Bonchev–Trinajstić information content (AvgIpc) is 2.76. The highest BCUT2D eigenvalue weighted by Gasteiger charge is 2.12. The molecule has 1 aromatic heterocycles. The molecule has 18 heavy (non-hydrogen) atoms. The maximum Gasteiger partial charge on any atom is 0.265 e. The van der Waals surface area contributed by atoms with Crippen LogP contribution in [0, 0.1) is 0 Å². The molecule has 6 heteroatoms. The summed E-state index contributed by atoms with van der Waals surface area (Å²) >= 11 is 4.61. The lowest BCUT2D eigenvalue weighted by Crippen LogP contribution is -2.17. The summed E-state index contributed by atoms with van der Waals surface area (Å²) in [5.41, 5.74) is 5.95. The van der Waals surface area contributed by atoms with Gasteiger partial charge in [-0.3, -0.25) is 9.59 Å². The molecule has 0 unspecified atom stereocenters. The monoisotopic (exact) mass is 324 g/mol. The van der Waals surface area contributed by atoms with Crippen molar-refractivity contribution in [2.24, 2.45) is 5.73 Å². The van der Waals surface area contributed by atoms with Crippen molar-refractivity contribution in [3.8, 4) is 0 Å². The van der Waals surface area contributed by atoms with Crippen LogP contribution in [0.5, 0.6) is 0 Å². The summed E-state index contributed by atoms with van der Waals surface area (Å²) in [4.78, 5) is 23.7. The summed E-state index contributed by atoms with van der Waals surface area (Å²) in [5, 5.41) is 2.67. The van der Waals surface area contributed by atoms with Crippen LogP contribution in [-0.4, -0.2) is 11.8 Å². The number of hydrogen-bond donors (Lipinski definition) is 2. The van der Waals surface area contributed by atoms with Crippen molar-refractivity contribution in [3.05, 3.63) is 50.6 Å². The van der Waals surface area contributed by atoms with Crippen molar-refractivity contribution < 1.29 is 9.59 Å². The zero-order valence-electron chi connectivity index (χ0n) is 9.14. The molecule has 0 fully saturated rings. The van der Waals surface area contributed by atoms with Gasteiger partial charge in [0.05, 0.1) is 19.9 Å². The normalized spacial score (nSPS) is 10.1. The van der Waals surface area contributed by atoms with Crippen LogP contribution in [0.3, 0.4) is 0 Å². The van der Waals surface area contributed by atoms with E-state index >= 15 is 0 Å². The third-order valence-corrected chi connectivity index (χ3v) is 3.86. The topological polar surface area (TPSA) is 72.2 Å². The molecule has 0 radical (unpaired) electrons. The number of amides is 2. The van der Waals surface area contributed by atoms with E-state index in [2.05, 4.69) is 21.2 Å². The van der Waals surface area contributed by atoms with E-state index in [0.717, 1.165) is 3.79 Å². The van der Waals surface area contributed by atoms with Gasteiger partial charge in [0, 0.05) is 0 Å². The van der Waals surface area contributed by atoms with Gasteiger partial charge in [-0.25, -0.2) is 0 Å². The minimum absolute atomic E-state index is 0.264. The number of carbonyl (C=O) groups is 2. The SMILES string of the molecule is NC(=O)c1ccccc1NC(=O)c1ccc(Br)s1. The molecule has 3 N–H and O–H groups in total. The predicted octanol–water partition coefficient (Wildman–Crippen LogP) is 2.86. The van der Waals surface area contributed by atoms with E-state index in [9.17, 15) is 9.59 Å². The molecule has 0 spiro atoms. The average molecular weight is 325 g/mol. The van der Waals surface area contributed by atoms with E-state index in [1.165, 1.54) is 11.3 Å². The maximum atomic E-state index is 11.9. The number of rotatable bonds is 3. The minimum atomic E-state index is -0.571. The zero-order valence-corrected chi connectivity index (χ0v) is 11.5. The van der Waals surface area contributed by atoms with Gasteiger partial charge in [0.25, 0.3) is 11.8 Å². The lowest BCUT2D eigenvalue weighted by atomic mass is 10.1. The Balaban J connectivity index is 2.24. The van der Waals surface area contributed by atoms with Gasteiger partial charge in [-0.05, 0) is 40.2 Å². The molecular formula is C12H9BrN2O2S. The standard InChI is InChI=1S/C12H9BrN2O2S/c13-10-6-5-9(18-10)12(17)15-8-4-2-1-3-7(8)11(14)16/h1-6H,(H2,14,16)(H,15,17). The van der Waals surface area contributed by atoms with Gasteiger partial charge < -0.3 is 11.1 Å². The Morgan fingerprint density at radius 3 is 2.50 bits per heavy atom. The van der Waals surface area contributed by atoms with Crippen LogP contribution in [0.2, 0.25) is 0 Å². The Morgan fingerprint density at radius 1 is 1.17 bits per heavy atom. The Hall–Kier alpha value is -1.66. The first kappa shape index (κ1) is 12.8. The summed E-state index contributed by atoms with van der Waals surface area (Å²) in [7, 11) is 0. The highest BCUT2D eigenvalue weighted by molar-refractivity contribution is 9.11. The Morgan fingerprint density at radius 2 is 1.89 bits per heavy atom. The summed E-state index contributed by atoms with van der Waals surface area (Å²) < 4.78 is 0.871.